The van der Waals surface area contributed by atoms with Gasteiger partial charge in [0.1, 0.15) is 5.82 Å². The summed E-state index contributed by atoms with van der Waals surface area (Å²) in [5.74, 6) is 0.244. The molecule has 3 saturated carbocycles. The van der Waals surface area contributed by atoms with Crippen molar-refractivity contribution in [3.8, 4) is 0 Å². The Balaban J connectivity index is 0.909. The van der Waals surface area contributed by atoms with Gasteiger partial charge in [0.25, 0.3) is 17.7 Å². The molecule has 2 bridgehead atoms. The molecule has 0 unspecified atom stereocenters. The van der Waals surface area contributed by atoms with Gasteiger partial charge >= 0.3 is 0 Å². The number of para-hydroxylation sites is 2. The highest BCUT2D eigenvalue weighted by molar-refractivity contribution is 7.16. The highest BCUT2D eigenvalue weighted by Gasteiger charge is 2.65. The van der Waals surface area contributed by atoms with E-state index in [9.17, 15) is 14.4 Å². The van der Waals surface area contributed by atoms with E-state index in [0.29, 0.717) is 38.6 Å². The van der Waals surface area contributed by atoms with Crippen molar-refractivity contribution in [1.29, 1.82) is 0 Å². The van der Waals surface area contributed by atoms with Gasteiger partial charge < -0.3 is 20.3 Å². The Morgan fingerprint density at radius 3 is 2.40 bits per heavy atom. The minimum absolute atomic E-state index is 0.0320. The van der Waals surface area contributed by atoms with E-state index >= 15 is 0 Å². The first-order valence-corrected chi connectivity index (χ1v) is 19.0. The minimum atomic E-state index is -0.386. The second-order valence-electron chi connectivity index (χ2n) is 16.0. The number of thiophene rings is 1. The van der Waals surface area contributed by atoms with Crippen molar-refractivity contribution in [2.75, 3.05) is 41.4 Å². The lowest BCUT2D eigenvalue weighted by Crippen LogP contribution is -2.73. The zero-order valence-electron chi connectivity index (χ0n) is 29.7. The summed E-state index contributed by atoms with van der Waals surface area (Å²) >= 11 is 1.41. The first kappa shape index (κ1) is 33.0. The lowest BCUT2D eigenvalue weighted by atomic mass is 9.40. The summed E-state index contributed by atoms with van der Waals surface area (Å²) in [6, 6.07) is 20.0. The molecule has 3 aliphatic carbocycles. The predicted octanol–water partition coefficient (Wildman–Crippen LogP) is 7.16. The molecule has 2 aromatic carbocycles. The first-order valence-electron chi connectivity index (χ1n) is 18.2. The quantitative estimate of drug-likeness (QED) is 0.210. The molecule has 5 fully saturated rings. The minimum Gasteiger partial charge on any atom is -0.381 e. The summed E-state index contributed by atoms with van der Waals surface area (Å²) in [5, 5.41) is 6.31. The number of hydrogen-bond donors (Lipinski definition) is 2. The van der Waals surface area contributed by atoms with E-state index in [1.54, 1.807) is 29.2 Å². The number of anilines is 3. The number of amides is 3. The highest BCUT2D eigenvalue weighted by atomic mass is 32.1. The normalized spacial score (nSPS) is 25.2. The van der Waals surface area contributed by atoms with Crippen LogP contribution in [0, 0.1) is 17.8 Å². The van der Waals surface area contributed by atoms with Crippen LogP contribution in [0.25, 0.3) is 0 Å². The number of nitrogens with one attached hydrogen (secondary N) is 2. The van der Waals surface area contributed by atoms with Gasteiger partial charge in [-0.3, -0.25) is 19.3 Å². The molecule has 52 heavy (non-hydrogen) atoms. The molecule has 266 valence electrons. The molecule has 5 heterocycles. The highest BCUT2D eigenvalue weighted by Crippen LogP contribution is 2.66. The van der Waals surface area contributed by atoms with Crippen LogP contribution in [0.5, 0.6) is 0 Å². The van der Waals surface area contributed by atoms with E-state index in [-0.39, 0.29) is 34.7 Å². The van der Waals surface area contributed by atoms with E-state index in [1.807, 2.05) is 62.5 Å². The fourth-order valence-corrected chi connectivity index (χ4v) is 10.2. The van der Waals surface area contributed by atoms with Crippen molar-refractivity contribution in [2.24, 2.45) is 15.8 Å². The zero-order valence-corrected chi connectivity index (χ0v) is 30.5. The molecule has 2 saturated heterocycles. The largest absolute Gasteiger partial charge is 0.381 e. The van der Waals surface area contributed by atoms with Gasteiger partial charge in [-0.15, -0.1) is 11.3 Å². The number of aromatic nitrogens is 1. The Hall–Kier alpha value is -4.87. The summed E-state index contributed by atoms with van der Waals surface area (Å²) in [7, 11) is 0. The maximum Gasteiger partial charge on any atom is 0.261 e. The van der Waals surface area contributed by atoms with E-state index in [1.165, 1.54) is 11.3 Å². The SMILES string of the molecule is Cc1cnc(N2CC3(CCOCC3)C2)c(C(=O)Nc2ccc(C(=O)N3c4ccccc4N=C(c4ccc(C(=O)NC56CC(C)(C5)C6)s4)[C@H]3C)cc2)c1. The molecule has 1 atom stereocenters. The number of aliphatic imine (C=N–C) groups is 1. The van der Waals surface area contributed by atoms with Crippen LogP contribution in [0.3, 0.4) is 0 Å². The van der Waals surface area contributed by atoms with Crippen molar-refractivity contribution >= 4 is 57.7 Å². The van der Waals surface area contributed by atoms with E-state index in [4.69, 9.17) is 9.73 Å². The summed E-state index contributed by atoms with van der Waals surface area (Å²) in [6.07, 6.45) is 7.03. The molecule has 2 N–H and O–H groups in total. The molecule has 0 radical (unpaired) electrons. The monoisotopic (exact) mass is 714 g/mol. The number of pyridine rings is 1. The van der Waals surface area contributed by atoms with Gasteiger partial charge in [-0.1, -0.05) is 19.1 Å². The van der Waals surface area contributed by atoms with Crippen LogP contribution in [-0.4, -0.2) is 66.3 Å². The zero-order chi connectivity index (χ0) is 35.8. The molecule has 6 aliphatic rings. The van der Waals surface area contributed by atoms with Crippen LogP contribution in [0.2, 0.25) is 0 Å². The summed E-state index contributed by atoms with van der Waals surface area (Å²) in [6.45, 7) is 9.50. The third-order valence-corrected chi connectivity index (χ3v) is 12.8. The van der Waals surface area contributed by atoms with Gasteiger partial charge in [-0.05, 0) is 112 Å². The van der Waals surface area contributed by atoms with Crippen LogP contribution in [0.1, 0.15) is 86.8 Å². The third-order valence-electron chi connectivity index (χ3n) is 11.7. The Kier molecular flexibility index (Phi) is 7.68. The molecule has 1 spiro atoms. The number of aryl methyl sites for hydroxylation is 1. The molecule has 4 aromatic rings. The van der Waals surface area contributed by atoms with Crippen molar-refractivity contribution in [3.05, 3.63) is 99.4 Å². The van der Waals surface area contributed by atoms with Crippen LogP contribution in [0.15, 0.2) is 77.9 Å². The molecule has 11 heteroatoms. The number of benzene rings is 2. The average Bonchev–Trinajstić information content (AvgIpc) is 3.60. The third kappa shape index (κ3) is 5.61. The number of rotatable bonds is 7. The maximum absolute atomic E-state index is 14.3. The van der Waals surface area contributed by atoms with Crippen molar-refractivity contribution < 1.29 is 19.1 Å². The predicted molar refractivity (Wildman–Crippen MR) is 203 cm³/mol. The van der Waals surface area contributed by atoms with Gasteiger partial charge in [-0.25, -0.2) is 9.98 Å². The van der Waals surface area contributed by atoms with Crippen LogP contribution in [0.4, 0.5) is 22.9 Å². The topological polar surface area (TPSA) is 116 Å². The van der Waals surface area contributed by atoms with Gasteiger partial charge in [0, 0.05) is 54.7 Å². The van der Waals surface area contributed by atoms with Gasteiger partial charge in [-0.2, -0.15) is 0 Å². The lowest BCUT2D eigenvalue weighted by Gasteiger charge is -2.69. The number of fused-ring (bicyclic) bond motifs is 1. The van der Waals surface area contributed by atoms with Crippen molar-refractivity contribution in [1.82, 2.24) is 10.3 Å². The van der Waals surface area contributed by atoms with E-state index in [2.05, 4.69) is 27.4 Å². The van der Waals surface area contributed by atoms with Crippen molar-refractivity contribution in [2.45, 2.75) is 64.5 Å². The number of hydrogen-bond acceptors (Lipinski definition) is 8. The Morgan fingerprint density at radius 1 is 0.942 bits per heavy atom. The molecular weight excluding hydrogens is 673 g/mol. The van der Waals surface area contributed by atoms with Crippen molar-refractivity contribution in [3.63, 3.8) is 0 Å². The first-order chi connectivity index (χ1) is 25.0. The maximum atomic E-state index is 14.3. The fourth-order valence-electron chi connectivity index (χ4n) is 9.24. The summed E-state index contributed by atoms with van der Waals surface area (Å²) in [4.78, 5) is 56.2. The van der Waals surface area contributed by atoms with Gasteiger partial charge in [0.15, 0.2) is 0 Å². The summed E-state index contributed by atoms with van der Waals surface area (Å²) in [5.41, 5.74) is 5.31. The fraction of sp³-hybridized carbons (Fsp3) is 0.390. The number of nitrogens with zero attached hydrogens (tertiary/aromatic N) is 4. The number of ether oxygens (including phenoxy) is 1. The second kappa shape index (κ2) is 12.1. The molecular formula is C41H42N6O4S. The molecule has 10 rings (SSSR count). The number of carbonyl (C=O) groups excluding carboxylic acids is 3. The second-order valence-corrected chi connectivity index (χ2v) is 17.0. The van der Waals surface area contributed by atoms with E-state index in [0.717, 1.165) is 80.2 Å². The van der Waals surface area contributed by atoms with Crippen LogP contribution in [-0.2, 0) is 4.74 Å². The Labute approximate surface area is 307 Å². The standard InChI is InChI=1S/C41H42N6O4S/c1-25-18-29(35(42-19-25)46-23-40(24-46)14-16-51-17-15-40)36(48)43-28-10-8-27(9-11-28)38(50)47-26(2)34(44-30-6-4-5-7-31(30)47)32-12-13-33(52-32)37(49)45-41-20-39(3,21-41)22-41/h4-13,18-19,26H,14-17,20-24H2,1-3H3,(H,43,48)(H,45,49)/t26-,39?,41?/m1/s1. The van der Waals surface area contributed by atoms with Crippen LogP contribution >= 0.6 is 11.3 Å². The average molecular weight is 715 g/mol. The van der Waals surface area contributed by atoms with Gasteiger partial charge in [0.05, 0.1) is 38.4 Å². The smallest absolute Gasteiger partial charge is 0.261 e. The Bertz CT molecular complexity index is 2120. The van der Waals surface area contributed by atoms with Gasteiger partial charge in [0.2, 0.25) is 0 Å². The van der Waals surface area contributed by atoms with E-state index < -0.39 is 0 Å². The molecule has 3 aliphatic heterocycles. The molecule has 3 amide bonds. The lowest BCUT2D eigenvalue weighted by molar-refractivity contribution is -0.132. The molecule has 2 aromatic heterocycles. The molecule has 10 nitrogen and oxygen atoms in total. The number of carbonyl (C=O) groups is 3. The Morgan fingerprint density at radius 2 is 1.67 bits per heavy atom. The van der Waals surface area contributed by atoms with Crippen LogP contribution < -0.4 is 20.4 Å². The summed E-state index contributed by atoms with van der Waals surface area (Å²) < 4.78 is 5.58.